The highest BCUT2D eigenvalue weighted by Gasteiger charge is 2.28. The number of ether oxygens (including phenoxy) is 3. The lowest BCUT2D eigenvalue weighted by molar-refractivity contribution is -0.137. The van der Waals surface area contributed by atoms with E-state index in [1.807, 2.05) is 33.4 Å². The van der Waals surface area contributed by atoms with Crippen LogP contribution in [0.25, 0.3) is 6.08 Å². The number of carbonyl (C=O) groups is 2. The molecule has 0 radical (unpaired) electrons. The van der Waals surface area contributed by atoms with Crippen molar-refractivity contribution in [1.82, 2.24) is 19.7 Å². The van der Waals surface area contributed by atoms with Crippen molar-refractivity contribution < 1.29 is 23.8 Å². The third-order valence-corrected chi connectivity index (χ3v) is 8.11. The summed E-state index contributed by atoms with van der Waals surface area (Å²) in [4.78, 5) is 36.4. The Kier molecular flexibility index (Phi) is 11.9. The summed E-state index contributed by atoms with van der Waals surface area (Å²) < 4.78 is 15.7. The molecule has 0 aliphatic carbocycles. The summed E-state index contributed by atoms with van der Waals surface area (Å²) in [5.74, 6) is 0.312. The number of benzene rings is 1. The zero-order valence-electron chi connectivity index (χ0n) is 22.8. The first kappa shape index (κ1) is 29.4. The number of piperazine rings is 1. The van der Waals surface area contributed by atoms with Crippen LogP contribution in [0.15, 0.2) is 41.8 Å². The highest BCUT2D eigenvalue weighted by molar-refractivity contribution is 7.09. The molecular weight excluding hydrogens is 516 g/mol. The smallest absolute Gasteiger partial charge is 0.273 e. The second-order valence-electron chi connectivity index (χ2n) is 9.79. The third kappa shape index (κ3) is 9.22. The number of thiazole rings is 1. The predicted octanol–water partition coefficient (Wildman–Crippen LogP) is 3.00. The molecule has 0 saturated carbocycles. The number of nitrogens with zero attached hydrogens (tertiary/aromatic N) is 4. The molecule has 9 nitrogen and oxygen atoms in total. The van der Waals surface area contributed by atoms with Crippen molar-refractivity contribution >= 4 is 29.2 Å². The van der Waals surface area contributed by atoms with Gasteiger partial charge in [0, 0.05) is 64.2 Å². The summed E-state index contributed by atoms with van der Waals surface area (Å²) in [5.41, 5.74) is 1.75. The highest BCUT2D eigenvalue weighted by Crippen LogP contribution is 2.30. The predicted molar refractivity (Wildman–Crippen MR) is 152 cm³/mol. The van der Waals surface area contributed by atoms with Gasteiger partial charge in [-0.25, -0.2) is 4.98 Å². The highest BCUT2D eigenvalue weighted by atomic mass is 32.1. The molecule has 2 aliphatic heterocycles. The minimum atomic E-state index is 0.00930. The second kappa shape index (κ2) is 15.8. The van der Waals surface area contributed by atoms with E-state index < -0.39 is 0 Å². The summed E-state index contributed by atoms with van der Waals surface area (Å²) >= 11 is 1.56. The van der Waals surface area contributed by atoms with Crippen LogP contribution in [0.5, 0.6) is 0 Å². The van der Waals surface area contributed by atoms with Crippen LogP contribution in [0.1, 0.15) is 39.8 Å². The number of carbonyl (C=O) groups excluding carboxylic acids is 2. The van der Waals surface area contributed by atoms with Gasteiger partial charge in [-0.2, -0.15) is 0 Å². The first-order chi connectivity index (χ1) is 19.1. The van der Waals surface area contributed by atoms with Crippen LogP contribution in [0.2, 0.25) is 0 Å². The maximum Gasteiger partial charge on any atom is 0.273 e. The van der Waals surface area contributed by atoms with Crippen LogP contribution >= 0.6 is 11.3 Å². The molecule has 1 aromatic heterocycles. The van der Waals surface area contributed by atoms with E-state index in [2.05, 4.69) is 29.2 Å². The Morgan fingerprint density at radius 2 is 1.67 bits per heavy atom. The number of aromatic nitrogens is 1. The number of likely N-dealkylation sites (tertiary alicyclic amines) is 1. The van der Waals surface area contributed by atoms with E-state index in [0.717, 1.165) is 37.5 Å². The molecule has 4 rings (SSSR count). The molecule has 10 heteroatoms. The number of amides is 2. The van der Waals surface area contributed by atoms with Crippen molar-refractivity contribution in [2.75, 3.05) is 86.0 Å². The van der Waals surface area contributed by atoms with E-state index in [0.29, 0.717) is 58.3 Å². The summed E-state index contributed by atoms with van der Waals surface area (Å²) in [7, 11) is 1.63. The quantitative estimate of drug-likeness (QED) is 0.351. The van der Waals surface area contributed by atoms with Gasteiger partial charge in [-0.05, 0) is 18.4 Å². The van der Waals surface area contributed by atoms with Gasteiger partial charge in [0.2, 0.25) is 5.91 Å². The average Bonchev–Trinajstić information content (AvgIpc) is 3.48. The van der Waals surface area contributed by atoms with Crippen LogP contribution in [0.3, 0.4) is 0 Å². The normalized spacial score (nSPS) is 17.3. The fraction of sp³-hybridized carbons (Fsp3) is 0.552. The molecule has 3 heterocycles. The molecule has 2 aromatic rings. The van der Waals surface area contributed by atoms with Crippen molar-refractivity contribution in [1.29, 1.82) is 0 Å². The van der Waals surface area contributed by atoms with Gasteiger partial charge >= 0.3 is 0 Å². The van der Waals surface area contributed by atoms with E-state index in [1.54, 1.807) is 18.4 Å². The molecule has 1 aromatic carbocycles. The van der Waals surface area contributed by atoms with Crippen molar-refractivity contribution in [2.24, 2.45) is 0 Å². The minimum Gasteiger partial charge on any atom is -0.382 e. The van der Waals surface area contributed by atoms with Gasteiger partial charge in [-0.15, -0.1) is 11.3 Å². The molecule has 2 aliphatic rings. The Hall–Kier alpha value is -2.63. The molecule has 2 saturated heterocycles. The molecule has 39 heavy (non-hydrogen) atoms. The Morgan fingerprint density at radius 3 is 2.41 bits per heavy atom. The van der Waals surface area contributed by atoms with E-state index in [4.69, 9.17) is 19.2 Å². The topological polar surface area (TPSA) is 84.4 Å². The molecule has 2 amide bonds. The first-order valence-electron chi connectivity index (χ1n) is 13.7. The molecular formula is C29H40N4O5S. The molecule has 0 atom stereocenters. The van der Waals surface area contributed by atoms with E-state index in [9.17, 15) is 9.59 Å². The van der Waals surface area contributed by atoms with Gasteiger partial charge in [0.25, 0.3) is 5.91 Å². The maximum absolute atomic E-state index is 13.1. The summed E-state index contributed by atoms with van der Waals surface area (Å²) in [6.45, 7) is 7.38. The minimum absolute atomic E-state index is 0.00930. The largest absolute Gasteiger partial charge is 0.382 e. The van der Waals surface area contributed by atoms with Crippen molar-refractivity contribution in [3.8, 4) is 0 Å². The third-order valence-electron chi connectivity index (χ3n) is 7.10. The molecule has 212 valence electrons. The zero-order valence-corrected chi connectivity index (χ0v) is 23.7. The van der Waals surface area contributed by atoms with E-state index in [-0.39, 0.29) is 24.3 Å². The average molecular weight is 557 g/mol. The standard InChI is InChI=1S/C29H40N4O5S/c1-36-18-19-37-20-21-38-22-27(34)32-12-9-25(10-13-32)28-30-26(23-39-28)29(35)33-16-14-31(15-17-33)11-5-8-24-6-3-2-4-7-24/h2-8,23,25H,9-22H2,1H3. The van der Waals surface area contributed by atoms with Gasteiger partial charge in [0.1, 0.15) is 12.3 Å². The maximum atomic E-state index is 13.1. The number of methoxy groups -OCH3 is 1. The molecule has 0 spiro atoms. The first-order valence-corrected chi connectivity index (χ1v) is 14.6. The fourth-order valence-electron chi connectivity index (χ4n) is 4.76. The van der Waals surface area contributed by atoms with Gasteiger partial charge in [0.05, 0.1) is 31.4 Å². The van der Waals surface area contributed by atoms with Crippen LogP contribution in [0.4, 0.5) is 0 Å². The Bertz CT molecular complexity index is 1050. The summed E-state index contributed by atoms with van der Waals surface area (Å²) in [6, 6.07) is 10.3. The Labute approximate surface area is 235 Å². The van der Waals surface area contributed by atoms with Crippen LogP contribution < -0.4 is 0 Å². The lowest BCUT2D eigenvalue weighted by Crippen LogP contribution is -2.48. The second-order valence-corrected chi connectivity index (χ2v) is 10.7. The van der Waals surface area contributed by atoms with Gasteiger partial charge in [-0.1, -0.05) is 42.5 Å². The molecule has 2 fully saturated rings. The Morgan fingerprint density at radius 1 is 0.949 bits per heavy atom. The summed E-state index contributed by atoms with van der Waals surface area (Å²) in [5, 5.41) is 2.90. The van der Waals surface area contributed by atoms with Crippen molar-refractivity contribution in [3.63, 3.8) is 0 Å². The fourth-order valence-corrected chi connectivity index (χ4v) is 5.72. The van der Waals surface area contributed by atoms with E-state index in [1.165, 1.54) is 5.56 Å². The number of piperidine rings is 1. The SMILES string of the molecule is COCCOCCOCC(=O)N1CCC(c2nc(C(=O)N3CCN(CC=Cc4ccccc4)CC3)cs2)CC1. The van der Waals surface area contributed by atoms with E-state index >= 15 is 0 Å². The summed E-state index contributed by atoms with van der Waals surface area (Å²) in [6.07, 6.45) is 6.03. The molecule has 0 bridgehead atoms. The van der Waals surface area contributed by atoms with Crippen molar-refractivity contribution in [3.05, 3.63) is 58.1 Å². The Balaban J connectivity index is 1.14. The number of rotatable bonds is 13. The van der Waals surface area contributed by atoms with Crippen LogP contribution in [0, 0.1) is 0 Å². The van der Waals surface area contributed by atoms with Crippen LogP contribution in [-0.2, 0) is 19.0 Å². The molecule has 0 N–H and O–H groups in total. The zero-order chi connectivity index (χ0) is 27.3. The van der Waals surface area contributed by atoms with Gasteiger partial charge in [0.15, 0.2) is 0 Å². The monoisotopic (exact) mass is 556 g/mol. The lowest BCUT2D eigenvalue weighted by atomic mass is 9.97. The van der Waals surface area contributed by atoms with Crippen LogP contribution in [-0.4, -0.2) is 117 Å². The van der Waals surface area contributed by atoms with Gasteiger partial charge < -0.3 is 24.0 Å². The lowest BCUT2D eigenvalue weighted by Gasteiger charge is -2.33. The van der Waals surface area contributed by atoms with Crippen molar-refractivity contribution in [2.45, 2.75) is 18.8 Å². The van der Waals surface area contributed by atoms with Gasteiger partial charge in [-0.3, -0.25) is 14.5 Å². The number of hydrogen-bond donors (Lipinski definition) is 0. The molecule has 0 unspecified atom stereocenters. The number of hydrogen-bond acceptors (Lipinski definition) is 8.